The average molecular weight is 247 g/mol. The third kappa shape index (κ3) is 1.37. The van der Waals surface area contributed by atoms with Crippen molar-refractivity contribution in [1.82, 2.24) is 0 Å². The van der Waals surface area contributed by atoms with Gasteiger partial charge >= 0.3 is 30.2 Å². The molecule has 1 rings (SSSR count). The number of hydrogen-bond acceptors (Lipinski definition) is 1. The van der Waals surface area contributed by atoms with Crippen molar-refractivity contribution in [3.05, 3.63) is 6.36 Å². The van der Waals surface area contributed by atoms with E-state index >= 15 is 0 Å². The normalized spacial score (nSPS) is 29.4. The zero-order valence-corrected chi connectivity index (χ0v) is 6.31. The number of hydrogen-bond donors (Lipinski definition) is 0. The van der Waals surface area contributed by atoms with Crippen molar-refractivity contribution in [2.45, 2.75) is 23.9 Å². The van der Waals surface area contributed by atoms with Crippen LogP contribution in [0.1, 0.15) is 0 Å². The first kappa shape index (κ1) is 12.4. The van der Waals surface area contributed by atoms with Gasteiger partial charge in [-0.15, -0.1) is 0 Å². The first-order valence-corrected chi connectivity index (χ1v) is 3.11. The van der Waals surface area contributed by atoms with Crippen molar-refractivity contribution in [2.75, 3.05) is 0 Å². The Kier molecular flexibility index (Phi) is 2.24. The maximum Gasteiger partial charge on any atom is 0.460 e. The summed E-state index contributed by atoms with van der Waals surface area (Å²) in [6, 6.07) is 0. The van der Waals surface area contributed by atoms with Crippen molar-refractivity contribution in [2.24, 2.45) is 0 Å². The molecule has 1 aliphatic heterocycles. The number of epoxide rings is 1. The van der Waals surface area contributed by atoms with Crippen LogP contribution in [0.4, 0.5) is 39.5 Å². The highest BCUT2D eigenvalue weighted by atomic mass is 19.4. The molecule has 10 heteroatoms. The summed E-state index contributed by atoms with van der Waals surface area (Å²) in [4.78, 5) is 0. The summed E-state index contributed by atoms with van der Waals surface area (Å²) in [6.45, 7) is 0. The molecule has 1 unspecified atom stereocenters. The van der Waals surface area contributed by atoms with Gasteiger partial charge in [0.15, 0.2) is 0 Å². The Morgan fingerprint density at radius 2 is 1.27 bits per heavy atom. The van der Waals surface area contributed by atoms with Gasteiger partial charge in [0.1, 0.15) is 0 Å². The number of rotatable bonds is 2. The Labute approximate surface area is 75.8 Å². The Morgan fingerprint density at radius 3 is 1.47 bits per heavy atom. The molecule has 89 valence electrons. The molecule has 0 aromatic carbocycles. The quantitative estimate of drug-likeness (QED) is 0.539. The summed E-state index contributed by atoms with van der Waals surface area (Å²) in [5.41, 5.74) is 0. The topological polar surface area (TPSA) is 12.5 Å². The van der Waals surface area contributed by atoms with Gasteiger partial charge in [0.25, 0.3) is 0 Å². The van der Waals surface area contributed by atoms with Gasteiger partial charge in [0.05, 0.1) is 0 Å². The van der Waals surface area contributed by atoms with Crippen LogP contribution >= 0.6 is 0 Å². The van der Waals surface area contributed by atoms with Crippen molar-refractivity contribution < 1.29 is 44.3 Å². The van der Waals surface area contributed by atoms with Gasteiger partial charge in [-0.25, -0.2) is 0 Å². The molecule has 1 atom stereocenters. The fourth-order valence-electron chi connectivity index (χ4n) is 0.665. The zero-order valence-electron chi connectivity index (χ0n) is 6.31. The average Bonchev–Trinajstić information content (AvgIpc) is 2.58. The number of ether oxygens (including phenoxy) is 1. The predicted octanol–water partition coefficient (Wildman–Crippen LogP) is 2.97. The number of alkyl halides is 8. The molecular formula is C5F9O. The minimum atomic E-state index is -6.73. The maximum absolute atomic E-state index is 12.3. The van der Waals surface area contributed by atoms with Crippen LogP contribution in [-0.2, 0) is 4.74 Å². The van der Waals surface area contributed by atoms with Crippen LogP contribution in [-0.4, -0.2) is 23.9 Å². The van der Waals surface area contributed by atoms with E-state index in [4.69, 9.17) is 0 Å². The first-order valence-electron chi connectivity index (χ1n) is 3.11. The smallest absolute Gasteiger partial charge is 0.289 e. The summed E-state index contributed by atoms with van der Waals surface area (Å²) in [5.74, 6) is -18.1. The molecule has 0 aliphatic carbocycles. The summed E-state index contributed by atoms with van der Waals surface area (Å²) >= 11 is 0. The maximum atomic E-state index is 12.3. The Balaban J connectivity index is 3.06. The van der Waals surface area contributed by atoms with Crippen LogP contribution < -0.4 is 0 Å². The molecule has 1 fully saturated rings. The molecule has 1 aliphatic rings. The van der Waals surface area contributed by atoms with Gasteiger partial charge in [0, 0.05) is 0 Å². The van der Waals surface area contributed by atoms with Crippen LogP contribution in [0, 0.1) is 6.36 Å². The molecule has 1 radical (unpaired) electrons. The van der Waals surface area contributed by atoms with Crippen LogP contribution in [0.25, 0.3) is 0 Å². The van der Waals surface area contributed by atoms with Crippen molar-refractivity contribution in [3.63, 3.8) is 0 Å². The zero-order chi connectivity index (χ0) is 12.3. The highest BCUT2D eigenvalue weighted by Gasteiger charge is 2.90. The fraction of sp³-hybridized carbons (Fsp3) is 0.800. The summed E-state index contributed by atoms with van der Waals surface area (Å²) < 4.78 is 110. The third-order valence-electron chi connectivity index (χ3n) is 1.60. The van der Waals surface area contributed by atoms with Crippen LogP contribution in [0.2, 0.25) is 0 Å². The molecule has 0 aromatic heterocycles. The lowest BCUT2D eigenvalue weighted by Crippen LogP contribution is -2.58. The van der Waals surface area contributed by atoms with E-state index in [1.165, 1.54) is 0 Å². The second-order valence-corrected chi connectivity index (χ2v) is 2.62. The van der Waals surface area contributed by atoms with Crippen LogP contribution in [0.3, 0.4) is 0 Å². The highest BCUT2D eigenvalue weighted by molar-refractivity contribution is 5.16. The van der Waals surface area contributed by atoms with E-state index in [-0.39, 0.29) is 0 Å². The second kappa shape index (κ2) is 2.71. The first-order chi connectivity index (χ1) is 6.38. The Bertz CT molecular complexity index is 270. The summed E-state index contributed by atoms with van der Waals surface area (Å²) in [7, 11) is 0. The van der Waals surface area contributed by atoms with Gasteiger partial charge in [0.2, 0.25) is 0 Å². The van der Waals surface area contributed by atoms with E-state index < -0.39 is 30.2 Å². The van der Waals surface area contributed by atoms with E-state index in [2.05, 4.69) is 4.74 Å². The molecular weight excluding hydrogens is 247 g/mol. The van der Waals surface area contributed by atoms with E-state index in [1.54, 1.807) is 0 Å². The molecule has 1 heterocycles. The Morgan fingerprint density at radius 1 is 0.933 bits per heavy atom. The molecule has 0 saturated carbocycles. The van der Waals surface area contributed by atoms with Gasteiger partial charge in [-0.3, -0.25) is 4.74 Å². The molecule has 15 heavy (non-hydrogen) atoms. The lowest BCUT2D eigenvalue weighted by molar-refractivity contribution is -0.377. The Hall–Kier alpha value is -0.670. The standard InChI is InChI=1S/C5F9O/c6-1-2(7,15-1)3(8,9)4(10,11)5(12,13)14. The van der Waals surface area contributed by atoms with E-state index in [0.29, 0.717) is 0 Å². The molecule has 1 saturated heterocycles. The monoisotopic (exact) mass is 247 g/mol. The van der Waals surface area contributed by atoms with Gasteiger partial charge < -0.3 is 0 Å². The lowest BCUT2D eigenvalue weighted by atomic mass is 10.1. The molecule has 0 N–H and O–H groups in total. The van der Waals surface area contributed by atoms with Gasteiger partial charge in [-0.1, -0.05) is 0 Å². The van der Waals surface area contributed by atoms with Gasteiger partial charge in [-0.05, 0) is 0 Å². The molecule has 0 bridgehead atoms. The summed E-state index contributed by atoms with van der Waals surface area (Å²) in [5, 5.41) is 0. The predicted molar refractivity (Wildman–Crippen MR) is 25.2 cm³/mol. The van der Waals surface area contributed by atoms with E-state index in [0.717, 1.165) is 0 Å². The van der Waals surface area contributed by atoms with Crippen molar-refractivity contribution in [3.8, 4) is 0 Å². The van der Waals surface area contributed by atoms with E-state index in [9.17, 15) is 39.5 Å². The van der Waals surface area contributed by atoms with Crippen molar-refractivity contribution in [1.29, 1.82) is 0 Å². The van der Waals surface area contributed by atoms with Crippen molar-refractivity contribution >= 4 is 0 Å². The SMILES string of the molecule is F[C]1OC1(F)C(F)(F)C(F)(F)C(F)(F)F. The molecule has 0 aromatic rings. The van der Waals surface area contributed by atoms with E-state index in [1.807, 2.05) is 0 Å². The largest absolute Gasteiger partial charge is 0.460 e. The molecule has 1 nitrogen and oxygen atoms in total. The fourth-order valence-corrected chi connectivity index (χ4v) is 0.665. The summed E-state index contributed by atoms with van der Waals surface area (Å²) in [6.07, 6.45) is -9.43. The number of halogens is 9. The van der Waals surface area contributed by atoms with Crippen LogP contribution in [0.5, 0.6) is 0 Å². The third-order valence-corrected chi connectivity index (χ3v) is 1.60. The minimum absolute atomic E-state index is 2.70. The molecule has 0 spiro atoms. The minimum Gasteiger partial charge on any atom is -0.289 e. The lowest BCUT2D eigenvalue weighted by Gasteiger charge is -2.28. The van der Waals surface area contributed by atoms with Crippen LogP contribution in [0.15, 0.2) is 0 Å². The highest BCUT2D eigenvalue weighted by Crippen LogP contribution is 2.63. The van der Waals surface area contributed by atoms with Gasteiger partial charge in [-0.2, -0.15) is 39.5 Å². The molecule has 0 amide bonds. The second-order valence-electron chi connectivity index (χ2n) is 2.62.